The van der Waals surface area contributed by atoms with Crippen LogP contribution in [0.5, 0.6) is 0 Å². The van der Waals surface area contributed by atoms with Gasteiger partial charge in [-0.25, -0.2) is 9.97 Å². The van der Waals surface area contributed by atoms with E-state index < -0.39 is 0 Å². The number of amides is 1. The standard InChI is InChI=1S/C13H13N5O2/c14-12(18-20)10-3-1-9(2-4-10)5-17-13(19)11-6-15-8-16-7-11/h1-4,6-8,20H,5H2,(H2,14,18)(H,17,19). The lowest BCUT2D eigenvalue weighted by molar-refractivity contribution is 0.0950. The van der Waals surface area contributed by atoms with E-state index in [1.165, 1.54) is 18.7 Å². The fraction of sp³-hybridized carbons (Fsp3) is 0.0769. The van der Waals surface area contributed by atoms with Crippen LogP contribution in [0.1, 0.15) is 21.5 Å². The molecule has 0 spiro atoms. The third-order valence-electron chi connectivity index (χ3n) is 2.63. The molecule has 0 saturated heterocycles. The summed E-state index contributed by atoms with van der Waals surface area (Å²) in [5, 5.41) is 14.2. The molecule has 0 fully saturated rings. The van der Waals surface area contributed by atoms with E-state index in [-0.39, 0.29) is 11.7 Å². The van der Waals surface area contributed by atoms with Crippen molar-refractivity contribution < 1.29 is 10.0 Å². The summed E-state index contributed by atoms with van der Waals surface area (Å²) in [5.74, 6) is -0.201. The summed E-state index contributed by atoms with van der Waals surface area (Å²) in [5.41, 5.74) is 7.37. The first kappa shape index (κ1) is 13.5. The summed E-state index contributed by atoms with van der Waals surface area (Å²) < 4.78 is 0. The third-order valence-corrected chi connectivity index (χ3v) is 2.63. The van der Waals surface area contributed by atoms with Crippen LogP contribution in [-0.4, -0.2) is 26.9 Å². The summed E-state index contributed by atoms with van der Waals surface area (Å²) in [6, 6.07) is 6.99. The van der Waals surface area contributed by atoms with Gasteiger partial charge < -0.3 is 16.3 Å². The highest BCUT2D eigenvalue weighted by molar-refractivity contribution is 5.97. The number of nitrogens with two attached hydrogens (primary N) is 1. The molecular formula is C13H13N5O2. The van der Waals surface area contributed by atoms with Crippen molar-refractivity contribution in [2.75, 3.05) is 0 Å². The first-order valence-corrected chi connectivity index (χ1v) is 5.81. The number of benzene rings is 1. The van der Waals surface area contributed by atoms with E-state index in [4.69, 9.17) is 10.9 Å². The van der Waals surface area contributed by atoms with Gasteiger partial charge >= 0.3 is 0 Å². The van der Waals surface area contributed by atoms with Crippen molar-refractivity contribution in [1.29, 1.82) is 0 Å². The number of oxime groups is 1. The average molecular weight is 271 g/mol. The lowest BCUT2D eigenvalue weighted by atomic mass is 10.1. The minimum Gasteiger partial charge on any atom is -0.409 e. The largest absolute Gasteiger partial charge is 0.409 e. The van der Waals surface area contributed by atoms with Gasteiger partial charge in [0.1, 0.15) is 6.33 Å². The Hall–Kier alpha value is -2.96. The van der Waals surface area contributed by atoms with Gasteiger partial charge in [0.15, 0.2) is 5.84 Å². The average Bonchev–Trinajstić information content (AvgIpc) is 2.53. The van der Waals surface area contributed by atoms with Gasteiger partial charge in [-0.3, -0.25) is 4.79 Å². The van der Waals surface area contributed by atoms with Gasteiger partial charge in [0.25, 0.3) is 5.91 Å². The molecule has 0 aliphatic carbocycles. The molecule has 0 radical (unpaired) electrons. The Morgan fingerprint density at radius 3 is 2.45 bits per heavy atom. The number of hydrogen-bond donors (Lipinski definition) is 3. The van der Waals surface area contributed by atoms with Crippen molar-refractivity contribution in [3.63, 3.8) is 0 Å². The van der Waals surface area contributed by atoms with E-state index in [0.717, 1.165) is 5.56 Å². The van der Waals surface area contributed by atoms with E-state index in [9.17, 15) is 4.79 Å². The van der Waals surface area contributed by atoms with Crippen molar-refractivity contribution in [2.45, 2.75) is 6.54 Å². The first-order valence-electron chi connectivity index (χ1n) is 5.81. The summed E-state index contributed by atoms with van der Waals surface area (Å²) in [6.07, 6.45) is 4.26. The Bertz CT molecular complexity index is 610. The van der Waals surface area contributed by atoms with Crippen LogP contribution < -0.4 is 11.1 Å². The molecule has 0 unspecified atom stereocenters. The van der Waals surface area contributed by atoms with Crippen molar-refractivity contribution in [3.8, 4) is 0 Å². The Kier molecular flexibility index (Phi) is 4.23. The van der Waals surface area contributed by atoms with Gasteiger partial charge in [-0.1, -0.05) is 29.4 Å². The van der Waals surface area contributed by atoms with Crippen LogP contribution >= 0.6 is 0 Å². The highest BCUT2D eigenvalue weighted by Gasteiger charge is 2.05. The van der Waals surface area contributed by atoms with E-state index in [0.29, 0.717) is 17.7 Å². The number of amidine groups is 1. The Morgan fingerprint density at radius 1 is 1.20 bits per heavy atom. The van der Waals surface area contributed by atoms with Crippen LogP contribution in [0.4, 0.5) is 0 Å². The highest BCUT2D eigenvalue weighted by atomic mass is 16.4. The molecule has 0 atom stereocenters. The summed E-state index contributed by atoms with van der Waals surface area (Å²) >= 11 is 0. The molecule has 0 bridgehead atoms. The minimum absolute atomic E-state index is 0.0435. The van der Waals surface area contributed by atoms with Crippen LogP contribution in [0.15, 0.2) is 48.1 Å². The fourth-order valence-electron chi connectivity index (χ4n) is 1.55. The number of hydrogen-bond acceptors (Lipinski definition) is 5. The fourth-order valence-corrected chi connectivity index (χ4v) is 1.55. The van der Waals surface area contributed by atoms with Gasteiger partial charge in [0.05, 0.1) is 5.56 Å². The zero-order chi connectivity index (χ0) is 14.4. The van der Waals surface area contributed by atoms with E-state index in [1.807, 2.05) is 0 Å². The third kappa shape index (κ3) is 3.29. The maximum atomic E-state index is 11.8. The molecule has 0 aliphatic rings. The monoisotopic (exact) mass is 271 g/mol. The van der Waals surface area contributed by atoms with Gasteiger partial charge in [-0.15, -0.1) is 0 Å². The van der Waals surface area contributed by atoms with Gasteiger partial charge in [0, 0.05) is 24.5 Å². The molecule has 0 aliphatic heterocycles. The lowest BCUT2D eigenvalue weighted by Gasteiger charge is -2.05. The molecular weight excluding hydrogens is 258 g/mol. The minimum atomic E-state index is -0.244. The quantitative estimate of drug-likeness (QED) is 0.324. The van der Waals surface area contributed by atoms with Crippen molar-refractivity contribution >= 4 is 11.7 Å². The van der Waals surface area contributed by atoms with Gasteiger partial charge in [0.2, 0.25) is 0 Å². The summed E-state index contributed by atoms with van der Waals surface area (Å²) in [7, 11) is 0. The first-order chi connectivity index (χ1) is 9.70. The molecule has 2 aromatic rings. The predicted octanol–water partition coefficient (Wildman–Crippen LogP) is 0.501. The lowest BCUT2D eigenvalue weighted by Crippen LogP contribution is -2.23. The summed E-state index contributed by atoms with van der Waals surface area (Å²) in [4.78, 5) is 19.3. The SMILES string of the molecule is N/C(=N/O)c1ccc(CNC(=O)c2cncnc2)cc1. The highest BCUT2D eigenvalue weighted by Crippen LogP contribution is 2.04. The number of aromatic nitrogens is 2. The number of carbonyl (C=O) groups excluding carboxylic acids is 1. The molecule has 7 nitrogen and oxygen atoms in total. The zero-order valence-corrected chi connectivity index (χ0v) is 10.5. The predicted molar refractivity (Wildman–Crippen MR) is 72.2 cm³/mol. The molecule has 4 N–H and O–H groups in total. The number of nitrogens with zero attached hydrogens (tertiary/aromatic N) is 3. The van der Waals surface area contributed by atoms with Gasteiger partial charge in [-0.05, 0) is 5.56 Å². The van der Waals surface area contributed by atoms with Crippen LogP contribution in [0.25, 0.3) is 0 Å². The van der Waals surface area contributed by atoms with Crippen LogP contribution in [0.3, 0.4) is 0 Å². The molecule has 1 amide bonds. The molecule has 1 aromatic heterocycles. The van der Waals surface area contributed by atoms with Crippen molar-refractivity contribution in [2.24, 2.45) is 10.9 Å². The molecule has 0 saturated carbocycles. The van der Waals surface area contributed by atoms with Crippen molar-refractivity contribution in [3.05, 3.63) is 59.7 Å². The Balaban J connectivity index is 1.96. The van der Waals surface area contributed by atoms with Crippen LogP contribution in [-0.2, 0) is 6.54 Å². The molecule has 1 aromatic carbocycles. The molecule has 102 valence electrons. The second-order valence-corrected chi connectivity index (χ2v) is 3.99. The Morgan fingerprint density at radius 2 is 1.85 bits per heavy atom. The van der Waals surface area contributed by atoms with E-state index in [1.54, 1.807) is 24.3 Å². The van der Waals surface area contributed by atoms with Crippen LogP contribution in [0, 0.1) is 0 Å². The zero-order valence-electron chi connectivity index (χ0n) is 10.5. The molecule has 20 heavy (non-hydrogen) atoms. The number of nitrogens with one attached hydrogen (secondary N) is 1. The van der Waals surface area contributed by atoms with Gasteiger partial charge in [-0.2, -0.15) is 0 Å². The number of carbonyl (C=O) groups is 1. The maximum absolute atomic E-state index is 11.8. The normalized spacial score (nSPS) is 11.1. The van der Waals surface area contributed by atoms with E-state index >= 15 is 0 Å². The molecule has 1 heterocycles. The molecule has 2 rings (SSSR count). The second kappa shape index (κ2) is 6.28. The van der Waals surface area contributed by atoms with E-state index in [2.05, 4.69) is 20.4 Å². The van der Waals surface area contributed by atoms with Crippen LogP contribution in [0.2, 0.25) is 0 Å². The Labute approximate surface area is 115 Å². The number of rotatable bonds is 4. The smallest absolute Gasteiger partial charge is 0.254 e. The van der Waals surface area contributed by atoms with Crippen molar-refractivity contribution in [1.82, 2.24) is 15.3 Å². The molecule has 7 heteroatoms. The topological polar surface area (TPSA) is 113 Å². The maximum Gasteiger partial charge on any atom is 0.254 e. The second-order valence-electron chi connectivity index (χ2n) is 3.99. The summed E-state index contributed by atoms with van der Waals surface area (Å²) in [6.45, 7) is 0.365.